The summed E-state index contributed by atoms with van der Waals surface area (Å²) in [6.07, 6.45) is 0.568. The Kier molecular flexibility index (Phi) is 5.63. The number of nitrogens with zero attached hydrogens (tertiary/aromatic N) is 1. The third kappa shape index (κ3) is 4.08. The summed E-state index contributed by atoms with van der Waals surface area (Å²) in [6.45, 7) is 2.53. The number of carbonyl (C=O) groups excluding carboxylic acids is 3. The maximum absolute atomic E-state index is 12.3. The predicted molar refractivity (Wildman–Crippen MR) is 103 cm³/mol. The van der Waals surface area contributed by atoms with Gasteiger partial charge < -0.3 is 16.0 Å². The number of anilines is 1. The summed E-state index contributed by atoms with van der Waals surface area (Å²) in [4.78, 5) is 39.5. The van der Waals surface area contributed by atoms with Crippen LogP contribution in [0.15, 0.2) is 35.2 Å². The zero-order valence-electron chi connectivity index (χ0n) is 14.3. The first kappa shape index (κ1) is 18.5. The Morgan fingerprint density at radius 1 is 1.27 bits per heavy atom. The average Bonchev–Trinajstić information content (AvgIpc) is 2.97. The highest BCUT2D eigenvalue weighted by molar-refractivity contribution is 8.00. The molecular weight excluding hydrogens is 370 g/mol. The smallest absolute Gasteiger partial charge is 0.251 e. The van der Waals surface area contributed by atoms with E-state index < -0.39 is 5.91 Å². The number of nitrogens with two attached hydrogens (primary N) is 1. The van der Waals surface area contributed by atoms with E-state index >= 15 is 0 Å². The fraction of sp³-hybridized carbons (Fsp3) is 0.278. The molecule has 1 aromatic carbocycles. The largest absolute Gasteiger partial charge is 0.365 e. The number of thioether (sulfide) groups is 1. The number of primary amides is 1. The molecule has 0 aliphatic carbocycles. The van der Waals surface area contributed by atoms with Crippen molar-refractivity contribution in [3.63, 3.8) is 0 Å². The molecule has 1 aromatic heterocycles. The lowest BCUT2D eigenvalue weighted by Crippen LogP contribution is -2.34. The molecule has 3 rings (SSSR count). The summed E-state index contributed by atoms with van der Waals surface area (Å²) >= 11 is 2.75. The molecule has 3 N–H and O–H groups in total. The van der Waals surface area contributed by atoms with Gasteiger partial charge in [0.15, 0.2) is 0 Å². The van der Waals surface area contributed by atoms with Gasteiger partial charge in [-0.25, -0.2) is 0 Å². The molecule has 0 unspecified atom stereocenters. The minimum atomic E-state index is -0.551. The Morgan fingerprint density at radius 3 is 2.65 bits per heavy atom. The molecular formula is C18H19N3O3S2. The molecule has 26 heavy (non-hydrogen) atoms. The second kappa shape index (κ2) is 7.92. The first-order valence-corrected chi connectivity index (χ1v) is 9.93. The normalized spacial score (nSPS) is 13.2. The summed E-state index contributed by atoms with van der Waals surface area (Å²) in [6, 6.07) is 9.63. The summed E-state index contributed by atoms with van der Waals surface area (Å²) in [5, 5.41) is 3.30. The van der Waals surface area contributed by atoms with Crippen LogP contribution in [0.25, 0.3) is 0 Å². The highest BCUT2D eigenvalue weighted by atomic mass is 32.2. The molecule has 3 amide bonds. The van der Waals surface area contributed by atoms with Crippen molar-refractivity contribution in [3.8, 4) is 0 Å². The molecule has 0 radical (unpaired) electrons. The van der Waals surface area contributed by atoms with Crippen LogP contribution in [0.4, 0.5) is 5.00 Å². The summed E-state index contributed by atoms with van der Waals surface area (Å²) in [7, 11) is 0. The molecule has 2 aromatic rings. The number of hydrogen-bond donors (Lipinski definition) is 2. The van der Waals surface area contributed by atoms with Crippen molar-refractivity contribution in [1.82, 2.24) is 4.90 Å². The van der Waals surface area contributed by atoms with E-state index in [0.29, 0.717) is 30.1 Å². The third-order valence-electron chi connectivity index (χ3n) is 4.11. The van der Waals surface area contributed by atoms with E-state index in [1.54, 1.807) is 4.90 Å². The Balaban J connectivity index is 1.74. The van der Waals surface area contributed by atoms with Gasteiger partial charge in [-0.15, -0.1) is 23.1 Å². The molecule has 0 bridgehead atoms. The highest BCUT2D eigenvalue weighted by Crippen LogP contribution is 2.37. The Labute approximate surface area is 159 Å². The number of amides is 3. The van der Waals surface area contributed by atoms with Crippen LogP contribution >= 0.6 is 23.1 Å². The van der Waals surface area contributed by atoms with E-state index in [4.69, 9.17) is 5.73 Å². The Morgan fingerprint density at radius 2 is 2.00 bits per heavy atom. The number of thiophene rings is 1. The minimum absolute atomic E-state index is 0.00507. The first-order valence-electron chi connectivity index (χ1n) is 8.13. The van der Waals surface area contributed by atoms with Gasteiger partial charge in [-0.2, -0.15) is 0 Å². The second-order valence-electron chi connectivity index (χ2n) is 5.91. The number of rotatable bonds is 5. The molecule has 0 spiro atoms. The van der Waals surface area contributed by atoms with Gasteiger partial charge in [0.1, 0.15) is 5.00 Å². The summed E-state index contributed by atoms with van der Waals surface area (Å²) in [5.41, 5.74) is 6.78. The Bertz CT molecular complexity index is 849. The molecule has 136 valence electrons. The van der Waals surface area contributed by atoms with Crippen molar-refractivity contribution in [2.45, 2.75) is 24.8 Å². The lowest BCUT2D eigenvalue weighted by molar-refractivity contribution is -0.129. The summed E-state index contributed by atoms with van der Waals surface area (Å²) < 4.78 is 0. The van der Waals surface area contributed by atoms with Crippen molar-refractivity contribution >= 4 is 45.8 Å². The lowest BCUT2D eigenvalue weighted by Gasteiger charge is -2.25. The number of hydrogen-bond acceptors (Lipinski definition) is 5. The molecule has 2 heterocycles. The van der Waals surface area contributed by atoms with Crippen LogP contribution in [0.5, 0.6) is 0 Å². The van der Waals surface area contributed by atoms with E-state index in [0.717, 1.165) is 15.3 Å². The van der Waals surface area contributed by atoms with Crippen LogP contribution in [0.2, 0.25) is 0 Å². The van der Waals surface area contributed by atoms with Crippen LogP contribution < -0.4 is 11.1 Å². The van der Waals surface area contributed by atoms with Gasteiger partial charge in [0, 0.05) is 23.2 Å². The van der Waals surface area contributed by atoms with Gasteiger partial charge in [0.25, 0.3) is 5.91 Å². The molecule has 1 aliphatic heterocycles. The van der Waals surface area contributed by atoms with E-state index in [9.17, 15) is 14.4 Å². The van der Waals surface area contributed by atoms with Gasteiger partial charge >= 0.3 is 0 Å². The van der Waals surface area contributed by atoms with Gasteiger partial charge in [-0.1, -0.05) is 18.2 Å². The van der Waals surface area contributed by atoms with Crippen LogP contribution in [0, 0.1) is 0 Å². The second-order valence-corrected chi connectivity index (χ2v) is 8.07. The van der Waals surface area contributed by atoms with Crippen LogP contribution in [-0.4, -0.2) is 34.9 Å². The zero-order chi connectivity index (χ0) is 18.7. The maximum Gasteiger partial charge on any atom is 0.251 e. The van der Waals surface area contributed by atoms with Gasteiger partial charge in [0.2, 0.25) is 11.8 Å². The molecule has 0 saturated carbocycles. The number of benzene rings is 1. The topological polar surface area (TPSA) is 92.5 Å². The fourth-order valence-electron chi connectivity index (χ4n) is 2.85. The number of fused-ring (bicyclic) bond motifs is 1. The van der Waals surface area contributed by atoms with Crippen molar-refractivity contribution in [3.05, 3.63) is 46.3 Å². The molecule has 6 nitrogen and oxygen atoms in total. The standard InChI is InChI=1S/C18H19N3O3S2/c1-11(22)21-8-7-13-14(9-21)26-18(16(13)17(19)24)20-15(23)10-25-12-5-3-2-4-6-12/h2-6H,7-10H2,1H3,(H2,19,24)(H,20,23). The number of nitrogens with one attached hydrogen (secondary N) is 1. The van der Waals surface area contributed by atoms with Gasteiger partial charge in [-0.05, 0) is 24.1 Å². The van der Waals surface area contributed by atoms with Crippen LogP contribution in [0.1, 0.15) is 27.7 Å². The zero-order valence-corrected chi connectivity index (χ0v) is 15.9. The highest BCUT2D eigenvalue weighted by Gasteiger charge is 2.28. The average molecular weight is 390 g/mol. The van der Waals surface area contributed by atoms with Crippen LogP contribution in [-0.2, 0) is 22.6 Å². The van der Waals surface area contributed by atoms with E-state index in [2.05, 4.69) is 5.32 Å². The molecule has 0 fully saturated rings. The molecule has 1 aliphatic rings. The Hall–Kier alpha value is -2.32. The predicted octanol–water partition coefficient (Wildman–Crippen LogP) is 2.48. The SMILES string of the molecule is CC(=O)N1CCc2c(sc(NC(=O)CSc3ccccc3)c2C(N)=O)C1. The molecule has 8 heteroatoms. The van der Waals surface area contributed by atoms with Crippen molar-refractivity contribution < 1.29 is 14.4 Å². The van der Waals surface area contributed by atoms with E-state index in [1.165, 1.54) is 30.0 Å². The van der Waals surface area contributed by atoms with Crippen molar-refractivity contribution in [1.29, 1.82) is 0 Å². The number of carbonyl (C=O) groups is 3. The minimum Gasteiger partial charge on any atom is -0.365 e. The quantitative estimate of drug-likeness (QED) is 0.769. The molecule has 0 atom stereocenters. The van der Waals surface area contributed by atoms with Gasteiger partial charge in [0.05, 0.1) is 17.9 Å². The summed E-state index contributed by atoms with van der Waals surface area (Å²) in [5.74, 6) is -0.507. The van der Waals surface area contributed by atoms with Crippen molar-refractivity contribution in [2.75, 3.05) is 17.6 Å². The maximum atomic E-state index is 12.3. The third-order valence-corrected chi connectivity index (χ3v) is 6.26. The van der Waals surface area contributed by atoms with Gasteiger partial charge in [-0.3, -0.25) is 14.4 Å². The van der Waals surface area contributed by atoms with E-state index in [-0.39, 0.29) is 17.6 Å². The van der Waals surface area contributed by atoms with E-state index in [1.807, 2.05) is 30.3 Å². The first-order chi connectivity index (χ1) is 12.5. The molecule has 0 saturated heterocycles. The fourth-order valence-corrected chi connectivity index (χ4v) is 4.85. The lowest BCUT2D eigenvalue weighted by atomic mass is 10.0. The van der Waals surface area contributed by atoms with Crippen molar-refractivity contribution in [2.24, 2.45) is 5.73 Å². The monoisotopic (exact) mass is 389 g/mol. The van der Waals surface area contributed by atoms with Crippen LogP contribution in [0.3, 0.4) is 0 Å².